The molecule has 4 nitrogen and oxygen atoms in total. The summed E-state index contributed by atoms with van der Waals surface area (Å²) in [6.45, 7) is 5.99. The van der Waals surface area contributed by atoms with E-state index in [4.69, 9.17) is 16.3 Å². The number of esters is 1. The first-order valence-corrected chi connectivity index (χ1v) is 7.97. The molecule has 0 heterocycles. The van der Waals surface area contributed by atoms with Crippen LogP contribution in [0.2, 0.25) is 5.02 Å². The predicted octanol–water partition coefficient (Wildman–Crippen LogP) is 4.43. The van der Waals surface area contributed by atoms with Crippen LogP contribution in [0.3, 0.4) is 0 Å². The van der Waals surface area contributed by atoms with E-state index in [1.54, 1.807) is 24.3 Å². The normalized spacial score (nSPS) is 11.0. The summed E-state index contributed by atoms with van der Waals surface area (Å²) in [6.07, 6.45) is 0. The topological polar surface area (TPSA) is 55.4 Å². The van der Waals surface area contributed by atoms with Crippen LogP contribution in [0.1, 0.15) is 36.7 Å². The Labute approximate surface area is 146 Å². The van der Waals surface area contributed by atoms with Gasteiger partial charge in [-0.25, -0.2) is 4.79 Å². The zero-order valence-corrected chi connectivity index (χ0v) is 14.7. The summed E-state index contributed by atoms with van der Waals surface area (Å²) in [5, 5.41) is 2.99. The van der Waals surface area contributed by atoms with Gasteiger partial charge in [0, 0.05) is 5.69 Å². The number of hydrogen-bond acceptors (Lipinski definition) is 3. The summed E-state index contributed by atoms with van der Waals surface area (Å²) in [5.74, 6) is -1.03. The van der Waals surface area contributed by atoms with Gasteiger partial charge in [-0.05, 0) is 35.2 Å². The lowest BCUT2D eigenvalue weighted by Crippen LogP contribution is -2.21. The minimum Gasteiger partial charge on any atom is -0.452 e. The molecule has 0 aliphatic carbocycles. The Kier molecular flexibility index (Phi) is 5.62. The van der Waals surface area contributed by atoms with Crippen LogP contribution in [-0.2, 0) is 14.9 Å². The number of anilines is 1. The van der Waals surface area contributed by atoms with Crippen molar-refractivity contribution >= 4 is 29.2 Å². The second-order valence-electron chi connectivity index (χ2n) is 6.43. The van der Waals surface area contributed by atoms with Gasteiger partial charge in [-0.3, -0.25) is 4.79 Å². The standard InChI is InChI=1S/C19H20ClNO3/c1-19(2,3)13-8-10-14(11-9-13)21-17(22)12-24-18(23)15-6-4-5-7-16(15)20/h4-11H,12H2,1-3H3,(H,21,22). The summed E-state index contributed by atoms with van der Waals surface area (Å²) in [7, 11) is 0. The highest BCUT2D eigenvalue weighted by atomic mass is 35.5. The van der Waals surface area contributed by atoms with Crippen molar-refractivity contribution in [2.45, 2.75) is 26.2 Å². The fourth-order valence-corrected chi connectivity index (χ4v) is 2.30. The summed E-state index contributed by atoms with van der Waals surface area (Å²) in [5.41, 5.74) is 2.11. The van der Waals surface area contributed by atoms with E-state index in [0.29, 0.717) is 10.7 Å². The van der Waals surface area contributed by atoms with Gasteiger partial charge in [0.2, 0.25) is 0 Å². The van der Waals surface area contributed by atoms with Crippen LogP contribution < -0.4 is 5.32 Å². The number of ether oxygens (including phenoxy) is 1. The Morgan fingerprint density at radius 1 is 1.04 bits per heavy atom. The molecule has 0 aliphatic heterocycles. The van der Waals surface area contributed by atoms with E-state index in [1.807, 2.05) is 24.3 Å². The minimum absolute atomic E-state index is 0.0486. The van der Waals surface area contributed by atoms with Gasteiger partial charge in [-0.2, -0.15) is 0 Å². The fraction of sp³-hybridized carbons (Fsp3) is 0.263. The zero-order valence-electron chi connectivity index (χ0n) is 13.9. The average Bonchev–Trinajstić information content (AvgIpc) is 2.53. The SMILES string of the molecule is CC(C)(C)c1ccc(NC(=O)COC(=O)c2ccccc2Cl)cc1. The number of carbonyl (C=O) groups excluding carboxylic acids is 2. The third-order valence-electron chi connectivity index (χ3n) is 3.46. The minimum atomic E-state index is -0.626. The Bertz CT molecular complexity index is 733. The van der Waals surface area contributed by atoms with Crippen molar-refractivity contribution in [1.82, 2.24) is 0 Å². The molecule has 2 aromatic carbocycles. The Balaban J connectivity index is 1.90. The summed E-state index contributed by atoms with van der Waals surface area (Å²) in [4.78, 5) is 23.8. The second kappa shape index (κ2) is 7.49. The van der Waals surface area contributed by atoms with E-state index in [-0.39, 0.29) is 17.6 Å². The molecule has 0 radical (unpaired) electrons. The van der Waals surface area contributed by atoms with Gasteiger partial charge in [-0.15, -0.1) is 0 Å². The summed E-state index contributed by atoms with van der Waals surface area (Å²) >= 11 is 5.91. The monoisotopic (exact) mass is 345 g/mol. The van der Waals surface area contributed by atoms with Crippen molar-refractivity contribution < 1.29 is 14.3 Å². The van der Waals surface area contributed by atoms with Crippen LogP contribution >= 0.6 is 11.6 Å². The summed E-state index contributed by atoms with van der Waals surface area (Å²) < 4.78 is 4.99. The Morgan fingerprint density at radius 3 is 2.25 bits per heavy atom. The molecule has 0 spiro atoms. The number of hydrogen-bond donors (Lipinski definition) is 1. The Morgan fingerprint density at radius 2 is 1.67 bits per heavy atom. The highest BCUT2D eigenvalue weighted by Gasteiger charge is 2.15. The number of benzene rings is 2. The van der Waals surface area contributed by atoms with Crippen LogP contribution in [0.25, 0.3) is 0 Å². The van der Waals surface area contributed by atoms with Crippen molar-refractivity contribution in [3.63, 3.8) is 0 Å². The second-order valence-corrected chi connectivity index (χ2v) is 6.84. The molecule has 1 amide bonds. The van der Waals surface area contributed by atoms with Gasteiger partial charge in [0.05, 0.1) is 10.6 Å². The molecule has 2 aromatic rings. The van der Waals surface area contributed by atoms with E-state index < -0.39 is 11.9 Å². The van der Waals surface area contributed by atoms with Crippen molar-refractivity contribution in [2.75, 3.05) is 11.9 Å². The highest BCUT2D eigenvalue weighted by molar-refractivity contribution is 6.33. The molecular weight excluding hydrogens is 326 g/mol. The van der Waals surface area contributed by atoms with Crippen LogP contribution in [0.15, 0.2) is 48.5 Å². The fourth-order valence-electron chi connectivity index (χ4n) is 2.09. The van der Waals surface area contributed by atoms with Crippen LogP contribution in [0.4, 0.5) is 5.69 Å². The van der Waals surface area contributed by atoms with Gasteiger partial charge in [0.25, 0.3) is 5.91 Å². The molecule has 0 saturated heterocycles. The zero-order chi connectivity index (χ0) is 17.7. The molecule has 0 aromatic heterocycles. The van der Waals surface area contributed by atoms with E-state index in [1.165, 1.54) is 5.56 Å². The molecule has 5 heteroatoms. The molecule has 24 heavy (non-hydrogen) atoms. The first-order chi connectivity index (χ1) is 11.3. The third kappa shape index (κ3) is 4.83. The molecule has 0 unspecified atom stereocenters. The maximum Gasteiger partial charge on any atom is 0.340 e. The lowest BCUT2D eigenvalue weighted by molar-refractivity contribution is -0.119. The van der Waals surface area contributed by atoms with Crippen molar-refractivity contribution in [3.8, 4) is 0 Å². The largest absolute Gasteiger partial charge is 0.452 e. The number of rotatable bonds is 4. The molecule has 1 N–H and O–H groups in total. The molecule has 2 rings (SSSR count). The smallest absolute Gasteiger partial charge is 0.340 e. The highest BCUT2D eigenvalue weighted by Crippen LogP contribution is 2.23. The van der Waals surface area contributed by atoms with E-state index >= 15 is 0 Å². The number of nitrogens with one attached hydrogen (secondary N) is 1. The quantitative estimate of drug-likeness (QED) is 0.834. The van der Waals surface area contributed by atoms with E-state index in [0.717, 1.165) is 0 Å². The molecule has 126 valence electrons. The molecule has 0 atom stereocenters. The van der Waals surface area contributed by atoms with Gasteiger partial charge in [0.15, 0.2) is 6.61 Å². The maximum absolute atomic E-state index is 11.9. The average molecular weight is 346 g/mol. The number of halogens is 1. The molecule has 0 saturated carbocycles. The molecule has 0 fully saturated rings. The van der Waals surface area contributed by atoms with Gasteiger partial charge in [-0.1, -0.05) is 56.6 Å². The van der Waals surface area contributed by atoms with Gasteiger partial charge >= 0.3 is 5.97 Å². The number of amides is 1. The van der Waals surface area contributed by atoms with Crippen LogP contribution in [-0.4, -0.2) is 18.5 Å². The lowest BCUT2D eigenvalue weighted by Gasteiger charge is -2.19. The predicted molar refractivity (Wildman–Crippen MR) is 95.5 cm³/mol. The maximum atomic E-state index is 11.9. The van der Waals surface area contributed by atoms with Gasteiger partial charge in [0.1, 0.15) is 0 Å². The molecule has 0 aliphatic rings. The number of carbonyl (C=O) groups is 2. The summed E-state index contributed by atoms with van der Waals surface area (Å²) in [6, 6.07) is 14.1. The van der Waals surface area contributed by atoms with E-state index in [9.17, 15) is 9.59 Å². The van der Waals surface area contributed by atoms with Crippen molar-refractivity contribution in [3.05, 3.63) is 64.7 Å². The lowest BCUT2D eigenvalue weighted by atomic mass is 9.87. The molecule has 0 bridgehead atoms. The van der Waals surface area contributed by atoms with Crippen molar-refractivity contribution in [2.24, 2.45) is 0 Å². The first kappa shape index (κ1) is 18.0. The third-order valence-corrected chi connectivity index (χ3v) is 3.79. The Hall–Kier alpha value is -2.33. The van der Waals surface area contributed by atoms with E-state index in [2.05, 4.69) is 26.1 Å². The van der Waals surface area contributed by atoms with Crippen LogP contribution in [0.5, 0.6) is 0 Å². The van der Waals surface area contributed by atoms with Crippen molar-refractivity contribution in [1.29, 1.82) is 0 Å². The van der Waals surface area contributed by atoms with Gasteiger partial charge < -0.3 is 10.1 Å². The first-order valence-electron chi connectivity index (χ1n) is 7.59. The van der Waals surface area contributed by atoms with Crippen LogP contribution in [0, 0.1) is 0 Å². The molecular formula is C19H20ClNO3.